The summed E-state index contributed by atoms with van der Waals surface area (Å²) in [5, 5.41) is 45.4. The third-order valence-electron chi connectivity index (χ3n) is 5.45. The number of aliphatic hydroxyl groups is 2. The molecular formula is C23H32N6O8. The Kier molecular flexibility index (Phi) is 10.5. The number of aromatic amines is 1. The number of H-pyrrole nitrogens is 1. The highest BCUT2D eigenvalue weighted by Crippen LogP contribution is 2.11. The minimum Gasteiger partial charge on any atom is -0.508 e. The molecule has 0 fully saturated rings. The van der Waals surface area contributed by atoms with Crippen LogP contribution in [0.15, 0.2) is 36.8 Å². The summed E-state index contributed by atoms with van der Waals surface area (Å²) >= 11 is 0. The molecule has 0 radical (unpaired) electrons. The number of carboxylic acids is 1. The summed E-state index contributed by atoms with van der Waals surface area (Å²) in [6.45, 7) is 2.44. The predicted octanol–water partition coefficient (Wildman–Crippen LogP) is -2.47. The molecule has 0 spiro atoms. The van der Waals surface area contributed by atoms with Gasteiger partial charge in [-0.1, -0.05) is 12.1 Å². The monoisotopic (exact) mass is 520 g/mol. The van der Waals surface area contributed by atoms with Gasteiger partial charge in [-0.15, -0.1) is 0 Å². The van der Waals surface area contributed by atoms with E-state index < -0.39 is 60.1 Å². The lowest BCUT2D eigenvalue weighted by molar-refractivity contribution is -0.145. The van der Waals surface area contributed by atoms with Crippen LogP contribution in [0, 0.1) is 0 Å². The van der Waals surface area contributed by atoms with Crippen molar-refractivity contribution >= 4 is 23.7 Å². The van der Waals surface area contributed by atoms with Crippen LogP contribution in [0.4, 0.5) is 0 Å². The first kappa shape index (κ1) is 29.2. The third kappa shape index (κ3) is 8.86. The van der Waals surface area contributed by atoms with Crippen molar-refractivity contribution in [3.8, 4) is 5.75 Å². The molecule has 0 aliphatic carbocycles. The molecule has 0 saturated carbocycles. The molecule has 6 unspecified atom stereocenters. The summed E-state index contributed by atoms with van der Waals surface area (Å²) in [6.07, 6.45) is -0.122. The Morgan fingerprint density at radius 2 is 1.51 bits per heavy atom. The number of nitrogens with one attached hydrogen (secondary N) is 4. The fourth-order valence-corrected chi connectivity index (χ4v) is 3.37. The summed E-state index contributed by atoms with van der Waals surface area (Å²) in [5.74, 6) is -4.03. The van der Waals surface area contributed by atoms with Gasteiger partial charge in [-0.05, 0) is 38.0 Å². The number of phenols is 1. The Labute approximate surface area is 212 Å². The van der Waals surface area contributed by atoms with Crippen molar-refractivity contribution < 1.29 is 39.6 Å². The Morgan fingerprint density at radius 3 is 2.03 bits per heavy atom. The number of aromatic nitrogens is 2. The third-order valence-corrected chi connectivity index (χ3v) is 5.45. The van der Waals surface area contributed by atoms with Gasteiger partial charge in [0.25, 0.3) is 0 Å². The van der Waals surface area contributed by atoms with Crippen LogP contribution >= 0.6 is 0 Å². The molecule has 14 heteroatoms. The summed E-state index contributed by atoms with van der Waals surface area (Å²) in [4.78, 5) is 56.5. The molecule has 3 amide bonds. The highest BCUT2D eigenvalue weighted by atomic mass is 16.4. The van der Waals surface area contributed by atoms with Gasteiger partial charge in [0.1, 0.15) is 17.8 Å². The van der Waals surface area contributed by atoms with E-state index in [4.69, 9.17) is 5.73 Å². The van der Waals surface area contributed by atoms with Crippen molar-refractivity contribution in [3.63, 3.8) is 0 Å². The zero-order valence-electron chi connectivity index (χ0n) is 20.3. The van der Waals surface area contributed by atoms with Gasteiger partial charge in [-0.25, -0.2) is 9.78 Å². The lowest BCUT2D eigenvalue weighted by Gasteiger charge is -2.26. The van der Waals surface area contributed by atoms with Crippen LogP contribution < -0.4 is 21.7 Å². The quantitative estimate of drug-likeness (QED) is 0.135. The number of amides is 3. The average Bonchev–Trinajstić information content (AvgIpc) is 3.34. The van der Waals surface area contributed by atoms with Gasteiger partial charge in [-0.2, -0.15) is 0 Å². The molecule has 37 heavy (non-hydrogen) atoms. The maximum absolute atomic E-state index is 13.0. The molecule has 10 N–H and O–H groups in total. The number of aromatic hydroxyl groups is 1. The van der Waals surface area contributed by atoms with E-state index in [1.807, 2.05) is 0 Å². The van der Waals surface area contributed by atoms with Crippen molar-refractivity contribution in [3.05, 3.63) is 48.0 Å². The number of carbonyl (C=O) groups excluding carboxylic acids is 3. The van der Waals surface area contributed by atoms with Crippen molar-refractivity contribution in [1.82, 2.24) is 25.9 Å². The van der Waals surface area contributed by atoms with E-state index in [1.54, 1.807) is 12.1 Å². The average molecular weight is 521 g/mol. The first-order valence-electron chi connectivity index (χ1n) is 11.4. The largest absolute Gasteiger partial charge is 0.508 e. The van der Waals surface area contributed by atoms with E-state index >= 15 is 0 Å². The van der Waals surface area contributed by atoms with E-state index in [0.717, 1.165) is 0 Å². The second-order valence-electron chi connectivity index (χ2n) is 8.61. The molecule has 2 rings (SSSR count). The number of phenolic OH excluding ortho intramolecular Hbond substituents is 1. The Morgan fingerprint density at radius 1 is 0.919 bits per heavy atom. The van der Waals surface area contributed by atoms with Crippen LogP contribution in [-0.2, 0) is 32.0 Å². The lowest BCUT2D eigenvalue weighted by Crippen LogP contribution is -2.61. The fourth-order valence-electron chi connectivity index (χ4n) is 3.37. The predicted molar refractivity (Wildman–Crippen MR) is 129 cm³/mol. The van der Waals surface area contributed by atoms with Crippen LogP contribution in [-0.4, -0.2) is 90.5 Å². The van der Waals surface area contributed by atoms with Gasteiger partial charge in [-0.3, -0.25) is 14.4 Å². The molecule has 1 heterocycles. The van der Waals surface area contributed by atoms with Gasteiger partial charge in [0.15, 0.2) is 6.04 Å². The summed E-state index contributed by atoms with van der Waals surface area (Å²) < 4.78 is 0. The molecule has 202 valence electrons. The number of nitrogens with two attached hydrogens (primary N) is 1. The highest BCUT2D eigenvalue weighted by Gasteiger charge is 2.33. The molecule has 1 aromatic heterocycles. The van der Waals surface area contributed by atoms with Crippen LogP contribution in [0.25, 0.3) is 0 Å². The lowest BCUT2D eigenvalue weighted by atomic mass is 10.0. The topological polar surface area (TPSA) is 240 Å². The normalized spacial score (nSPS) is 15.9. The Hall–Kier alpha value is -4.01. The smallest absolute Gasteiger partial charge is 0.328 e. The van der Waals surface area contributed by atoms with Crippen molar-refractivity contribution in [2.24, 2.45) is 5.73 Å². The number of aliphatic carboxylic acids is 1. The number of carbonyl (C=O) groups is 4. The van der Waals surface area contributed by atoms with E-state index in [2.05, 4.69) is 25.9 Å². The number of aliphatic hydroxyl groups excluding tert-OH is 2. The molecule has 2 aromatic rings. The van der Waals surface area contributed by atoms with Crippen molar-refractivity contribution in [2.45, 2.75) is 63.1 Å². The van der Waals surface area contributed by atoms with Crippen molar-refractivity contribution in [2.75, 3.05) is 0 Å². The molecule has 0 aliphatic heterocycles. The van der Waals surface area contributed by atoms with Crippen LogP contribution in [0.3, 0.4) is 0 Å². The van der Waals surface area contributed by atoms with Gasteiger partial charge in [0.2, 0.25) is 17.7 Å². The number of carboxylic acid groups (broad SMARTS) is 1. The first-order valence-corrected chi connectivity index (χ1v) is 11.4. The van der Waals surface area contributed by atoms with Gasteiger partial charge >= 0.3 is 5.97 Å². The molecule has 0 saturated heterocycles. The van der Waals surface area contributed by atoms with Crippen molar-refractivity contribution in [1.29, 1.82) is 0 Å². The SMILES string of the molecule is CC(O)C(NC(=O)C(Cc1cnc[nH]1)NC(=O)C(NC(=O)C(N)Cc1ccc(O)cc1)C(C)O)C(=O)O. The molecule has 14 nitrogen and oxygen atoms in total. The Bertz CT molecular complexity index is 1060. The first-order chi connectivity index (χ1) is 17.4. The standard InChI is InChI=1S/C23H32N6O8/c1-11(30)18(28-20(33)16(24)7-13-3-5-15(32)6-4-13)22(35)27-17(8-14-9-25-10-26-14)21(34)29-19(12(2)31)23(36)37/h3-6,9-12,16-19,30-32H,7-8,24H2,1-2H3,(H,25,26)(H,27,35)(H,28,33)(H,29,34)(H,36,37). The van der Waals surface area contributed by atoms with Crippen LogP contribution in [0.2, 0.25) is 0 Å². The fraction of sp³-hybridized carbons (Fsp3) is 0.435. The minimum atomic E-state index is -1.64. The van der Waals surface area contributed by atoms with Crippen LogP contribution in [0.1, 0.15) is 25.1 Å². The number of hydrogen-bond acceptors (Lipinski definition) is 9. The summed E-state index contributed by atoms with van der Waals surface area (Å²) in [5.41, 5.74) is 7.03. The van der Waals surface area contributed by atoms with E-state index in [-0.39, 0.29) is 18.6 Å². The number of rotatable bonds is 13. The van der Waals surface area contributed by atoms with Crippen LogP contribution in [0.5, 0.6) is 5.75 Å². The highest BCUT2D eigenvalue weighted by molar-refractivity contribution is 5.94. The number of benzene rings is 1. The van der Waals surface area contributed by atoms with Gasteiger partial charge in [0, 0.05) is 18.3 Å². The zero-order valence-corrected chi connectivity index (χ0v) is 20.3. The second-order valence-corrected chi connectivity index (χ2v) is 8.61. The second kappa shape index (κ2) is 13.3. The van der Waals surface area contributed by atoms with Gasteiger partial charge < -0.3 is 47.1 Å². The minimum absolute atomic E-state index is 0.0458. The molecule has 1 aromatic carbocycles. The number of hydrogen-bond donors (Lipinski definition) is 9. The number of nitrogens with zero attached hydrogens (tertiary/aromatic N) is 1. The zero-order chi connectivity index (χ0) is 27.7. The molecular weight excluding hydrogens is 488 g/mol. The molecule has 0 aliphatic rings. The van der Waals surface area contributed by atoms with E-state index in [0.29, 0.717) is 11.3 Å². The van der Waals surface area contributed by atoms with E-state index in [1.165, 1.54) is 38.5 Å². The Balaban J connectivity index is 2.14. The maximum Gasteiger partial charge on any atom is 0.328 e. The summed E-state index contributed by atoms with van der Waals surface area (Å²) in [6, 6.07) is 0.450. The molecule has 0 bridgehead atoms. The maximum atomic E-state index is 13.0. The van der Waals surface area contributed by atoms with E-state index in [9.17, 15) is 39.6 Å². The number of imidazole rings is 1. The molecule has 6 atom stereocenters. The summed E-state index contributed by atoms with van der Waals surface area (Å²) in [7, 11) is 0. The van der Waals surface area contributed by atoms with Gasteiger partial charge in [0.05, 0.1) is 24.6 Å².